The van der Waals surface area contributed by atoms with Crippen LogP contribution in [0.25, 0.3) is 10.4 Å². The molecule has 1 saturated carbocycles. The Morgan fingerprint density at radius 1 is 1.07 bits per heavy atom. The second-order valence-corrected chi connectivity index (χ2v) is 4.12. The summed E-state index contributed by atoms with van der Waals surface area (Å²) < 4.78 is 0. The molecule has 0 atom stereocenters. The molecular formula is C12H15N3. The van der Waals surface area contributed by atoms with E-state index in [1.54, 1.807) is 0 Å². The van der Waals surface area contributed by atoms with Crippen LogP contribution in [0.3, 0.4) is 0 Å². The quantitative estimate of drug-likeness (QED) is 0.394. The van der Waals surface area contributed by atoms with E-state index in [1.165, 1.54) is 5.56 Å². The smallest absolute Gasteiger partial charge is 0.0374 e. The van der Waals surface area contributed by atoms with Gasteiger partial charge in [0.2, 0.25) is 0 Å². The molecule has 0 spiro atoms. The van der Waals surface area contributed by atoms with Gasteiger partial charge < -0.3 is 0 Å². The molecule has 2 rings (SSSR count). The highest BCUT2D eigenvalue weighted by Crippen LogP contribution is 2.33. The highest BCUT2D eigenvalue weighted by atomic mass is 15.1. The molecule has 1 aliphatic rings. The van der Waals surface area contributed by atoms with Crippen molar-refractivity contribution in [1.29, 1.82) is 0 Å². The van der Waals surface area contributed by atoms with Crippen LogP contribution in [0.5, 0.6) is 0 Å². The minimum absolute atomic E-state index is 0.231. The van der Waals surface area contributed by atoms with Crippen molar-refractivity contribution in [2.45, 2.75) is 37.6 Å². The summed E-state index contributed by atoms with van der Waals surface area (Å²) in [7, 11) is 0. The van der Waals surface area contributed by atoms with Crippen LogP contribution in [0.1, 0.15) is 37.2 Å². The molecule has 0 radical (unpaired) electrons. The fourth-order valence-corrected chi connectivity index (χ4v) is 2.32. The second-order valence-electron chi connectivity index (χ2n) is 4.12. The summed E-state index contributed by atoms with van der Waals surface area (Å²) in [6, 6.07) is 10.9. The van der Waals surface area contributed by atoms with E-state index < -0.39 is 0 Å². The molecule has 1 fully saturated rings. The average Bonchev–Trinajstić information content (AvgIpc) is 2.32. The van der Waals surface area contributed by atoms with E-state index in [4.69, 9.17) is 5.53 Å². The van der Waals surface area contributed by atoms with E-state index in [2.05, 4.69) is 40.4 Å². The molecule has 1 aliphatic carbocycles. The van der Waals surface area contributed by atoms with Crippen LogP contribution < -0.4 is 0 Å². The summed E-state index contributed by atoms with van der Waals surface area (Å²) in [4.78, 5) is 2.88. The van der Waals surface area contributed by atoms with Crippen LogP contribution in [0, 0.1) is 0 Å². The first-order valence-corrected chi connectivity index (χ1v) is 5.49. The van der Waals surface area contributed by atoms with Gasteiger partial charge in [0.1, 0.15) is 0 Å². The molecule has 78 valence electrons. The fourth-order valence-electron chi connectivity index (χ4n) is 2.32. The lowest BCUT2D eigenvalue weighted by Gasteiger charge is -2.25. The lowest BCUT2D eigenvalue weighted by Crippen LogP contribution is -2.15. The first kappa shape index (κ1) is 10.1. The van der Waals surface area contributed by atoms with Crippen molar-refractivity contribution in [1.82, 2.24) is 0 Å². The summed E-state index contributed by atoms with van der Waals surface area (Å²) in [6.07, 6.45) is 4.36. The van der Waals surface area contributed by atoms with Gasteiger partial charge in [0.15, 0.2) is 0 Å². The van der Waals surface area contributed by atoms with Crippen LogP contribution in [0.4, 0.5) is 0 Å². The Hall–Kier alpha value is -1.47. The van der Waals surface area contributed by atoms with E-state index in [9.17, 15) is 0 Å². The van der Waals surface area contributed by atoms with Crippen molar-refractivity contribution in [2.75, 3.05) is 0 Å². The summed E-state index contributed by atoms with van der Waals surface area (Å²) in [5.41, 5.74) is 9.79. The van der Waals surface area contributed by atoms with Crippen LogP contribution in [-0.4, -0.2) is 6.04 Å². The van der Waals surface area contributed by atoms with E-state index in [-0.39, 0.29) is 6.04 Å². The van der Waals surface area contributed by atoms with Crippen LogP contribution >= 0.6 is 0 Å². The Labute approximate surface area is 89.7 Å². The van der Waals surface area contributed by atoms with Gasteiger partial charge in [0.25, 0.3) is 0 Å². The highest BCUT2D eigenvalue weighted by Gasteiger charge is 2.20. The van der Waals surface area contributed by atoms with Gasteiger partial charge in [-0.3, -0.25) is 0 Å². The summed E-state index contributed by atoms with van der Waals surface area (Å²) in [6.45, 7) is 0. The van der Waals surface area contributed by atoms with Crippen molar-refractivity contribution < 1.29 is 0 Å². The van der Waals surface area contributed by atoms with E-state index >= 15 is 0 Å². The summed E-state index contributed by atoms with van der Waals surface area (Å²) in [5, 5.41) is 3.79. The molecule has 0 amide bonds. The predicted octanol–water partition coefficient (Wildman–Crippen LogP) is 4.02. The lowest BCUT2D eigenvalue weighted by molar-refractivity contribution is 0.395. The van der Waals surface area contributed by atoms with Gasteiger partial charge in [0, 0.05) is 11.0 Å². The number of azide groups is 1. The largest absolute Gasteiger partial charge is 0.0906 e. The predicted molar refractivity (Wildman–Crippen MR) is 60.6 cm³/mol. The molecule has 0 N–H and O–H groups in total. The Kier molecular flexibility index (Phi) is 3.25. The third-order valence-corrected chi connectivity index (χ3v) is 3.18. The van der Waals surface area contributed by atoms with E-state index in [0.717, 1.165) is 25.7 Å². The SMILES string of the molecule is [N-]=[N+]=N[C@H]1CC[C@H](c2ccccc2)CC1. The first-order chi connectivity index (χ1) is 7.40. The van der Waals surface area contributed by atoms with Gasteiger partial charge in [-0.25, -0.2) is 0 Å². The Balaban J connectivity index is 1.97. The minimum Gasteiger partial charge on any atom is -0.0906 e. The molecular weight excluding hydrogens is 186 g/mol. The van der Waals surface area contributed by atoms with Crippen molar-refractivity contribution in [3.05, 3.63) is 46.3 Å². The average molecular weight is 201 g/mol. The zero-order valence-corrected chi connectivity index (χ0v) is 8.71. The van der Waals surface area contributed by atoms with Crippen molar-refractivity contribution in [3.63, 3.8) is 0 Å². The second kappa shape index (κ2) is 4.85. The van der Waals surface area contributed by atoms with Gasteiger partial charge in [0.05, 0.1) is 0 Å². The molecule has 3 heteroatoms. The van der Waals surface area contributed by atoms with Crippen LogP contribution in [0.15, 0.2) is 35.4 Å². The normalized spacial score (nSPS) is 25.6. The number of rotatable bonds is 2. The Morgan fingerprint density at radius 2 is 1.73 bits per heavy atom. The van der Waals surface area contributed by atoms with E-state index in [0.29, 0.717) is 5.92 Å². The highest BCUT2D eigenvalue weighted by molar-refractivity contribution is 5.20. The number of benzene rings is 1. The van der Waals surface area contributed by atoms with Gasteiger partial charge >= 0.3 is 0 Å². The maximum absolute atomic E-state index is 8.36. The Morgan fingerprint density at radius 3 is 2.33 bits per heavy atom. The molecule has 1 aromatic rings. The monoisotopic (exact) mass is 201 g/mol. The molecule has 0 bridgehead atoms. The third kappa shape index (κ3) is 2.51. The number of hydrogen-bond acceptors (Lipinski definition) is 1. The molecule has 0 heterocycles. The third-order valence-electron chi connectivity index (χ3n) is 3.18. The van der Waals surface area contributed by atoms with Gasteiger partial charge in [-0.05, 0) is 42.7 Å². The van der Waals surface area contributed by atoms with Crippen molar-refractivity contribution in [2.24, 2.45) is 5.11 Å². The standard InChI is InChI=1S/C12H15N3/c13-15-14-12-8-6-11(7-9-12)10-4-2-1-3-5-10/h1-5,11-12H,6-9H2/t11-,12-. The fraction of sp³-hybridized carbons (Fsp3) is 0.500. The summed E-state index contributed by atoms with van der Waals surface area (Å²) >= 11 is 0. The number of nitrogens with zero attached hydrogens (tertiary/aromatic N) is 3. The van der Waals surface area contributed by atoms with Crippen LogP contribution in [-0.2, 0) is 0 Å². The van der Waals surface area contributed by atoms with Crippen molar-refractivity contribution >= 4 is 0 Å². The molecule has 0 unspecified atom stereocenters. The maximum Gasteiger partial charge on any atom is 0.0374 e. The van der Waals surface area contributed by atoms with Gasteiger partial charge in [-0.15, -0.1) is 0 Å². The molecule has 0 saturated heterocycles. The zero-order chi connectivity index (χ0) is 10.5. The van der Waals surface area contributed by atoms with E-state index in [1.807, 2.05) is 0 Å². The molecule has 3 nitrogen and oxygen atoms in total. The van der Waals surface area contributed by atoms with Gasteiger partial charge in [-0.2, -0.15) is 0 Å². The Bertz CT molecular complexity index is 346. The first-order valence-electron chi connectivity index (χ1n) is 5.49. The molecule has 1 aromatic carbocycles. The summed E-state index contributed by atoms with van der Waals surface area (Å²) in [5.74, 6) is 0.663. The number of hydrogen-bond donors (Lipinski definition) is 0. The maximum atomic E-state index is 8.36. The molecule has 0 aromatic heterocycles. The molecule has 0 aliphatic heterocycles. The lowest BCUT2D eigenvalue weighted by atomic mass is 9.82. The van der Waals surface area contributed by atoms with Crippen molar-refractivity contribution in [3.8, 4) is 0 Å². The minimum atomic E-state index is 0.231. The zero-order valence-electron chi connectivity index (χ0n) is 8.71. The molecule has 15 heavy (non-hydrogen) atoms. The van der Waals surface area contributed by atoms with Gasteiger partial charge in [-0.1, -0.05) is 35.4 Å². The topological polar surface area (TPSA) is 48.8 Å². The van der Waals surface area contributed by atoms with Crippen LogP contribution in [0.2, 0.25) is 0 Å².